The minimum absolute atomic E-state index is 0.0497. The number of nitrogens with zero attached hydrogens (tertiary/aromatic N) is 2. The third-order valence-electron chi connectivity index (χ3n) is 2.70. The normalized spacial score (nSPS) is 10.9. The predicted octanol–water partition coefficient (Wildman–Crippen LogP) is 4.71. The number of hydrogen-bond acceptors (Lipinski definition) is 6. The fraction of sp³-hybridized carbons (Fsp3) is 0. The van der Waals surface area contributed by atoms with E-state index in [9.17, 15) is 15.2 Å². The van der Waals surface area contributed by atoms with Crippen molar-refractivity contribution in [2.24, 2.45) is 0 Å². The highest BCUT2D eigenvalue weighted by molar-refractivity contribution is 8.01. The van der Waals surface area contributed by atoms with Gasteiger partial charge in [0.2, 0.25) is 0 Å². The summed E-state index contributed by atoms with van der Waals surface area (Å²) in [6, 6.07) is 9.45. The van der Waals surface area contributed by atoms with Gasteiger partial charge in [-0.15, -0.1) is 11.3 Å². The van der Waals surface area contributed by atoms with E-state index in [1.807, 2.05) is 6.07 Å². The molecule has 106 valence electrons. The van der Waals surface area contributed by atoms with Gasteiger partial charge in [0.1, 0.15) is 5.75 Å². The Morgan fingerprint density at radius 1 is 1.33 bits per heavy atom. The summed E-state index contributed by atoms with van der Waals surface area (Å²) in [5, 5.41) is 20.7. The lowest BCUT2D eigenvalue weighted by Crippen LogP contribution is -1.87. The Bertz CT molecular complexity index is 851. The van der Waals surface area contributed by atoms with Crippen LogP contribution >= 0.6 is 34.7 Å². The van der Waals surface area contributed by atoms with Gasteiger partial charge in [0.05, 0.1) is 20.2 Å². The van der Waals surface area contributed by atoms with E-state index in [0.29, 0.717) is 24.5 Å². The van der Waals surface area contributed by atoms with Crippen LogP contribution in [0.4, 0.5) is 5.69 Å². The molecule has 0 aliphatic heterocycles. The van der Waals surface area contributed by atoms with Crippen LogP contribution in [-0.2, 0) is 0 Å². The van der Waals surface area contributed by atoms with Gasteiger partial charge in [-0.25, -0.2) is 4.98 Å². The maximum atomic E-state index is 10.7. The van der Waals surface area contributed by atoms with Gasteiger partial charge < -0.3 is 5.11 Å². The lowest BCUT2D eigenvalue weighted by Gasteiger charge is -2.00. The molecule has 0 aliphatic rings. The summed E-state index contributed by atoms with van der Waals surface area (Å²) in [6.07, 6.45) is 0. The number of non-ortho nitro benzene ring substituents is 1. The molecule has 0 saturated carbocycles. The number of halogens is 1. The molecule has 0 radical (unpaired) electrons. The minimum Gasteiger partial charge on any atom is -0.506 e. The van der Waals surface area contributed by atoms with Crippen molar-refractivity contribution in [3.8, 4) is 5.75 Å². The number of phenols is 1. The van der Waals surface area contributed by atoms with Crippen LogP contribution in [0.1, 0.15) is 0 Å². The van der Waals surface area contributed by atoms with Crippen LogP contribution in [-0.4, -0.2) is 15.0 Å². The molecule has 0 unspecified atom stereocenters. The zero-order valence-electron chi connectivity index (χ0n) is 10.3. The first-order chi connectivity index (χ1) is 10.0. The second kappa shape index (κ2) is 5.51. The van der Waals surface area contributed by atoms with Crippen LogP contribution in [0, 0.1) is 10.1 Å². The van der Waals surface area contributed by atoms with E-state index in [1.165, 1.54) is 35.2 Å². The van der Waals surface area contributed by atoms with Crippen molar-refractivity contribution in [1.29, 1.82) is 0 Å². The average Bonchev–Trinajstić information content (AvgIpc) is 2.85. The fourth-order valence-corrected chi connectivity index (χ4v) is 4.05. The number of benzene rings is 2. The van der Waals surface area contributed by atoms with Crippen molar-refractivity contribution in [2.75, 3.05) is 0 Å². The van der Waals surface area contributed by atoms with E-state index in [0.717, 1.165) is 0 Å². The monoisotopic (exact) mass is 338 g/mol. The molecule has 0 amide bonds. The molecule has 5 nitrogen and oxygen atoms in total. The summed E-state index contributed by atoms with van der Waals surface area (Å²) >= 11 is 8.71. The maximum Gasteiger partial charge on any atom is 0.270 e. The molecule has 0 aliphatic carbocycles. The molecule has 2 aromatic carbocycles. The number of phenolic OH excluding ortho intramolecular Hbond substituents is 1. The molecule has 8 heteroatoms. The molecule has 0 fully saturated rings. The van der Waals surface area contributed by atoms with Crippen molar-refractivity contribution < 1.29 is 10.0 Å². The van der Waals surface area contributed by atoms with Gasteiger partial charge in [0, 0.05) is 17.0 Å². The zero-order chi connectivity index (χ0) is 15.0. The van der Waals surface area contributed by atoms with Gasteiger partial charge in [0.15, 0.2) is 4.34 Å². The van der Waals surface area contributed by atoms with Crippen LogP contribution in [0.15, 0.2) is 45.6 Å². The number of nitro benzene ring substituents is 1. The van der Waals surface area contributed by atoms with Crippen LogP contribution in [0.3, 0.4) is 0 Å². The molecular weight excluding hydrogens is 332 g/mol. The minimum atomic E-state index is -0.490. The molecule has 1 aromatic heterocycles. The number of aromatic hydroxyl groups is 1. The van der Waals surface area contributed by atoms with Gasteiger partial charge in [-0.05, 0) is 18.2 Å². The topological polar surface area (TPSA) is 76.3 Å². The van der Waals surface area contributed by atoms with Gasteiger partial charge >= 0.3 is 0 Å². The fourth-order valence-electron chi connectivity index (χ4n) is 1.74. The zero-order valence-corrected chi connectivity index (χ0v) is 12.7. The number of nitro groups is 1. The highest BCUT2D eigenvalue weighted by atomic mass is 35.5. The maximum absolute atomic E-state index is 10.7. The summed E-state index contributed by atoms with van der Waals surface area (Å²) < 4.78 is 1.42. The molecule has 0 saturated heterocycles. The Kier molecular flexibility index (Phi) is 3.71. The van der Waals surface area contributed by atoms with Crippen LogP contribution in [0.5, 0.6) is 5.75 Å². The molecule has 0 bridgehead atoms. The summed E-state index contributed by atoms with van der Waals surface area (Å²) in [4.78, 5) is 15.3. The Morgan fingerprint density at radius 3 is 2.81 bits per heavy atom. The van der Waals surface area contributed by atoms with E-state index in [4.69, 9.17) is 11.6 Å². The van der Waals surface area contributed by atoms with Crippen LogP contribution < -0.4 is 0 Å². The Balaban J connectivity index is 1.95. The molecular formula is C13H7ClN2O3S2. The number of thiazole rings is 1. The second-order valence-corrected chi connectivity index (χ2v) is 6.77. The van der Waals surface area contributed by atoms with Gasteiger partial charge in [-0.1, -0.05) is 29.4 Å². The standard InChI is InChI=1S/C13H7ClN2O3S2/c14-8-6-7(16(18)19)4-5-11(8)20-13-15-9-2-1-3-10(17)12(9)21-13/h1-6,17H. The van der Waals surface area contributed by atoms with Crippen LogP contribution in [0.2, 0.25) is 5.02 Å². The second-order valence-electron chi connectivity index (χ2n) is 4.08. The molecule has 3 rings (SSSR count). The number of hydrogen-bond donors (Lipinski definition) is 1. The molecule has 1 N–H and O–H groups in total. The van der Waals surface area contributed by atoms with E-state index >= 15 is 0 Å². The van der Waals surface area contributed by atoms with Gasteiger partial charge in [-0.3, -0.25) is 10.1 Å². The Labute approximate surface area is 132 Å². The third kappa shape index (κ3) is 2.80. The SMILES string of the molecule is O=[N+]([O-])c1ccc(Sc2nc3cccc(O)c3s2)c(Cl)c1. The first-order valence-electron chi connectivity index (χ1n) is 5.75. The number of fused-ring (bicyclic) bond motifs is 1. The van der Waals surface area contributed by atoms with Gasteiger partial charge in [0.25, 0.3) is 5.69 Å². The highest BCUT2D eigenvalue weighted by Crippen LogP contribution is 2.40. The van der Waals surface area contributed by atoms with Crippen molar-refractivity contribution in [3.63, 3.8) is 0 Å². The Morgan fingerprint density at radius 2 is 2.14 bits per heavy atom. The van der Waals surface area contributed by atoms with Crippen molar-refractivity contribution >= 4 is 50.6 Å². The summed E-state index contributed by atoms with van der Waals surface area (Å²) in [5.41, 5.74) is 0.659. The smallest absolute Gasteiger partial charge is 0.270 e. The van der Waals surface area contributed by atoms with E-state index < -0.39 is 4.92 Å². The summed E-state index contributed by atoms with van der Waals surface area (Å²) in [7, 11) is 0. The van der Waals surface area contributed by atoms with E-state index in [-0.39, 0.29) is 11.4 Å². The van der Waals surface area contributed by atoms with Crippen molar-refractivity contribution in [3.05, 3.63) is 51.5 Å². The molecule has 1 heterocycles. The van der Waals surface area contributed by atoms with Crippen molar-refractivity contribution in [2.45, 2.75) is 9.24 Å². The highest BCUT2D eigenvalue weighted by Gasteiger charge is 2.13. The van der Waals surface area contributed by atoms with Gasteiger partial charge in [-0.2, -0.15) is 0 Å². The average molecular weight is 339 g/mol. The quantitative estimate of drug-likeness (QED) is 0.552. The molecule has 0 spiro atoms. The Hall–Kier alpha value is -1.83. The largest absolute Gasteiger partial charge is 0.506 e. The summed E-state index contributed by atoms with van der Waals surface area (Å²) in [5.74, 6) is 0.187. The molecule has 0 atom stereocenters. The van der Waals surface area contributed by atoms with Crippen LogP contribution in [0.25, 0.3) is 10.2 Å². The first-order valence-corrected chi connectivity index (χ1v) is 7.76. The lowest BCUT2D eigenvalue weighted by molar-refractivity contribution is -0.384. The molecule has 21 heavy (non-hydrogen) atoms. The number of rotatable bonds is 3. The van der Waals surface area contributed by atoms with Crippen molar-refractivity contribution in [1.82, 2.24) is 4.98 Å². The number of aromatic nitrogens is 1. The van der Waals surface area contributed by atoms with E-state index in [1.54, 1.807) is 18.2 Å². The lowest BCUT2D eigenvalue weighted by atomic mass is 10.3. The predicted molar refractivity (Wildman–Crippen MR) is 83.5 cm³/mol. The third-order valence-corrected chi connectivity index (χ3v) is 5.35. The summed E-state index contributed by atoms with van der Waals surface area (Å²) in [6.45, 7) is 0. The van der Waals surface area contributed by atoms with E-state index in [2.05, 4.69) is 4.98 Å². The first kappa shape index (κ1) is 14.1. The molecule has 3 aromatic rings.